The van der Waals surface area contributed by atoms with Crippen molar-refractivity contribution in [2.24, 2.45) is 12.8 Å². The summed E-state index contributed by atoms with van der Waals surface area (Å²) in [6.45, 7) is 3.83. The van der Waals surface area contributed by atoms with E-state index in [0.29, 0.717) is 12.0 Å². The number of rotatable bonds is 4. The Bertz CT molecular complexity index is 578. The molecule has 0 amide bonds. The Morgan fingerprint density at radius 2 is 2.21 bits per heavy atom. The molecule has 0 aliphatic carbocycles. The molecule has 5 heteroatoms. The van der Waals surface area contributed by atoms with Crippen LogP contribution in [0.5, 0.6) is 0 Å². The molecule has 2 aromatic rings. The molecule has 0 fully saturated rings. The minimum atomic E-state index is -0.193. The summed E-state index contributed by atoms with van der Waals surface area (Å²) in [6, 6.07) is 7.06. The zero-order chi connectivity index (χ0) is 14.0. The highest BCUT2D eigenvalue weighted by Gasteiger charge is 2.13. The van der Waals surface area contributed by atoms with Crippen LogP contribution in [-0.2, 0) is 13.5 Å². The SMILES string of the molecule is Cc1cc(Sc2cccc(F)c2CC(C)N)n(C)n1. The van der Waals surface area contributed by atoms with Gasteiger partial charge in [-0.05, 0) is 38.5 Å². The zero-order valence-electron chi connectivity index (χ0n) is 11.4. The molecule has 1 heterocycles. The molecule has 0 aliphatic rings. The van der Waals surface area contributed by atoms with Crippen LogP contribution in [0.1, 0.15) is 18.2 Å². The summed E-state index contributed by atoms with van der Waals surface area (Å²) in [5.74, 6) is -0.193. The average molecular weight is 279 g/mol. The van der Waals surface area contributed by atoms with Crippen LogP contribution in [0, 0.1) is 12.7 Å². The maximum atomic E-state index is 13.9. The smallest absolute Gasteiger partial charge is 0.127 e. The van der Waals surface area contributed by atoms with Gasteiger partial charge in [0, 0.05) is 23.5 Å². The third-order valence-corrected chi connectivity index (χ3v) is 3.97. The highest BCUT2D eigenvalue weighted by molar-refractivity contribution is 7.99. The van der Waals surface area contributed by atoms with Crippen molar-refractivity contribution in [2.75, 3.05) is 0 Å². The normalized spacial score (nSPS) is 12.7. The van der Waals surface area contributed by atoms with Crippen molar-refractivity contribution >= 4 is 11.8 Å². The summed E-state index contributed by atoms with van der Waals surface area (Å²) in [5, 5.41) is 5.29. The predicted octanol–water partition coefficient (Wildman–Crippen LogP) is 2.91. The molecule has 0 saturated carbocycles. The number of halogens is 1. The van der Waals surface area contributed by atoms with Crippen molar-refractivity contribution in [1.29, 1.82) is 0 Å². The first-order valence-corrected chi connectivity index (χ1v) is 7.00. The van der Waals surface area contributed by atoms with E-state index in [1.54, 1.807) is 10.7 Å². The van der Waals surface area contributed by atoms with Gasteiger partial charge in [0.05, 0.1) is 10.7 Å². The molecule has 102 valence electrons. The van der Waals surface area contributed by atoms with E-state index in [2.05, 4.69) is 5.10 Å². The minimum absolute atomic E-state index is 0.0653. The summed E-state index contributed by atoms with van der Waals surface area (Å²) in [7, 11) is 1.89. The Morgan fingerprint density at radius 3 is 2.79 bits per heavy atom. The molecule has 2 N–H and O–H groups in total. The molecule has 0 aliphatic heterocycles. The van der Waals surface area contributed by atoms with E-state index < -0.39 is 0 Å². The van der Waals surface area contributed by atoms with E-state index in [1.807, 2.05) is 33.0 Å². The third kappa shape index (κ3) is 3.36. The summed E-state index contributed by atoms with van der Waals surface area (Å²) >= 11 is 1.52. The van der Waals surface area contributed by atoms with Crippen molar-refractivity contribution in [2.45, 2.75) is 36.2 Å². The Kier molecular flexibility index (Phi) is 4.27. The quantitative estimate of drug-likeness (QED) is 0.936. The predicted molar refractivity (Wildman–Crippen MR) is 75.8 cm³/mol. The fourth-order valence-electron chi connectivity index (χ4n) is 1.95. The number of nitrogens with zero attached hydrogens (tertiary/aromatic N) is 2. The lowest BCUT2D eigenvalue weighted by Crippen LogP contribution is -2.19. The first-order chi connectivity index (χ1) is 8.97. The van der Waals surface area contributed by atoms with Crippen molar-refractivity contribution in [1.82, 2.24) is 9.78 Å². The summed E-state index contributed by atoms with van der Waals surface area (Å²) in [4.78, 5) is 0.903. The maximum Gasteiger partial charge on any atom is 0.127 e. The van der Waals surface area contributed by atoms with Crippen molar-refractivity contribution in [3.05, 3.63) is 41.3 Å². The van der Waals surface area contributed by atoms with Crippen LogP contribution in [0.2, 0.25) is 0 Å². The van der Waals surface area contributed by atoms with Gasteiger partial charge in [0.2, 0.25) is 0 Å². The molecule has 19 heavy (non-hydrogen) atoms. The molecule has 1 aromatic heterocycles. The molecule has 2 rings (SSSR count). The van der Waals surface area contributed by atoms with Crippen LogP contribution in [0.4, 0.5) is 4.39 Å². The second-order valence-corrected chi connectivity index (χ2v) is 5.81. The Morgan fingerprint density at radius 1 is 1.47 bits per heavy atom. The van der Waals surface area contributed by atoms with Crippen LogP contribution in [-0.4, -0.2) is 15.8 Å². The monoisotopic (exact) mass is 279 g/mol. The molecular formula is C14H18FN3S. The van der Waals surface area contributed by atoms with Crippen LogP contribution >= 0.6 is 11.8 Å². The standard InChI is InChI=1S/C14H18FN3S/c1-9(16)7-11-12(15)5-4-6-13(11)19-14-8-10(2)17-18(14)3/h4-6,8-9H,7,16H2,1-3H3. The molecule has 1 aromatic carbocycles. The highest BCUT2D eigenvalue weighted by atomic mass is 32.2. The first kappa shape index (κ1) is 14.1. The number of nitrogens with two attached hydrogens (primary N) is 1. The molecule has 1 atom stereocenters. The van der Waals surface area contributed by atoms with Gasteiger partial charge in [0.15, 0.2) is 0 Å². The lowest BCUT2D eigenvalue weighted by Gasteiger charge is -2.12. The van der Waals surface area contributed by atoms with Crippen molar-refractivity contribution in [3.63, 3.8) is 0 Å². The van der Waals surface area contributed by atoms with Gasteiger partial charge < -0.3 is 5.73 Å². The minimum Gasteiger partial charge on any atom is -0.328 e. The third-order valence-electron chi connectivity index (χ3n) is 2.78. The van der Waals surface area contributed by atoms with E-state index in [0.717, 1.165) is 15.6 Å². The van der Waals surface area contributed by atoms with Gasteiger partial charge in [0.25, 0.3) is 0 Å². The number of benzene rings is 1. The van der Waals surface area contributed by atoms with E-state index in [4.69, 9.17) is 5.73 Å². The molecule has 1 unspecified atom stereocenters. The fraction of sp³-hybridized carbons (Fsp3) is 0.357. The van der Waals surface area contributed by atoms with Crippen LogP contribution in [0.3, 0.4) is 0 Å². The van der Waals surface area contributed by atoms with Gasteiger partial charge in [-0.3, -0.25) is 4.68 Å². The van der Waals surface area contributed by atoms with Gasteiger partial charge in [0.1, 0.15) is 5.82 Å². The van der Waals surface area contributed by atoms with Crippen molar-refractivity contribution < 1.29 is 4.39 Å². The largest absolute Gasteiger partial charge is 0.328 e. The molecular weight excluding hydrogens is 261 g/mol. The molecule has 0 radical (unpaired) electrons. The summed E-state index contributed by atoms with van der Waals surface area (Å²) in [6.07, 6.45) is 0.534. The molecule has 0 spiro atoms. The number of hydrogen-bond acceptors (Lipinski definition) is 3. The summed E-state index contributed by atoms with van der Waals surface area (Å²) in [5.41, 5.74) is 7.43. The van der Waals surface area contributed by atoms with E-state index in [9.17, 15) is 4.39 Å². The number of aromatic nitrogens is 2. The van der Waals surface area contributed by atoms with Gasteiger partial charge in [-0.1, -0.05) is 17.8 Å². The second-order valence-electron chi connectivity index (χ2n) is 4.75. The van der Waals surface area contributed by atoms with E-state index in [1.165, 1.54) is 17.8 Å². The topological polar surface area (TPSA) is 43.8 Å². The molecule has 3 nitrogen and oxygen atoms in total. The van der Waals surface area contributed by atoms with E-state index >= 15 is 0 Å². The lowest BCUT2D eigenvalue weighted by molar-refractivity contribution is 0.588. The first-order valence-electron chi connectivity index (χ1n) is 6.19. The number of aryl methyl sites for hydroxylation is 2. The summed E-state index contributed by atoms with van der Waals surface area (Å²) < 4.78 is 15.7. The Hall–Kier alpha value is -1.33. The lowest BCUT2D eigenvalue weighted by atomic mass is 10.1. The maximum absolute atomic E-state index is 13.9. The van der Waals surface area contributed by atoms with Crippen LogP contribution in [0.15, 0.2) is 34.2 Å². The van der Waals surface area contributed by atoms with Crippen LogP contribution < -0.4 is 5.73 Å². The van der Waals surface area contributed by atoms with E-state index in [-0.39, 0.29) is 11.9 Å². The van der Waals surface area contributed by atoms with Gasteiger partial charge >= 0.3 is 0 Å². The van der Waals surface area contributed by atoms with Gasteiger partial charge in [-0.25, -0.2) is 4.39 Å². The van der Waals surface area contributed by atoms with Gasteiger partial charge in [-0.2, -0.15) is 5.10 Å². The van der Waals surface area contributed by atoms with Gasteiger partial charge in [-0.15, -0.1) is 0 Å². The highest BCUT2D eigenvalue weighted by Crippen LogP contribution is 2.32. The number of hydrogen-bond donors (Lipinski definition) is 1. The second kappa shape index (κ2) is 5.75. The fourth-order valence-corrected chi connectivity index (χ4v) is 3.03. The zero-order valence-corrected chi connectivity index (χ0v) is 12.2. The molecule has 0 saturated heterocycles. The average Bonchev–Trinajstić information content (AvgIpc) is 2.62. The van der Waals surface area contributed by atoms with Crippen LogP contribution in [0.25, 0.3) is 0 Å². The Balaban J connectivity index is 2.34. The Labute approximate surface area is 117 Å². The van der Waals surface area contributed by atoms with Crippen molar-refractivity contribution in [3.8, 4) is 0 Å². The molecule has 0 bridgehead atoms.